The van der Waals surface area contributed by atoms with Gasteiger partial charge in [-0.2, -0.15) is 5.10 Å². The number of thiazole rings is 1. The van der Waals surface area contributed by atoms with Crippen LogP contribution in [-0.4, -0.2) is 34.8 Å². The van der Waals surface area contributed by atoms with Crippen molar-refractivity contribution in [2.45, 2.75) is 4.34 Å². The molecule has 0 amide bonds. The van der Waals surface area contributed by atoms with E-state index in [0.717, 1.165) is 17.6 Å². The molecule has 17 heavy (non-hydrogen) atoms. The molecular weight excluding hydrogens is 264 g/mol. The quantitative estimate of drug-likeness (QED) is 0.659. The Morgan fingerprint density at radius 2 is 2.18 bits per heavy atom. The second kappa shape index (κ2) is 3.14. The second-order valence-corrected chi connectivity index (χ2v) is 6.73. The van der Waals surface area contributed by atoms with Crippen LogP contribution in [0.5, 0.6) is 0 Å². The van der Waals surface area contributed by atoms with Crippen molar-refractivity contribution in [1.29, 1.82) is 0 Å². The maximum absolute atomic E-state index is 11.4. The first-order valence-electron chi connectivity index (χ1n) is 4.53. The lowest BCUT2D eigenvalue weighted by molar-refractivity contribution is 0.601. The molecule has 0 bridgehead atoms. The molecule has 3 aromatic rings. The number of aromatic nitrogens is 4. The van der Waals surface area contributed by atoms with E-state index in [0.29, 0.717) is 21.3 Å². The van der Waals surface area contributed by atoms with E-state index in [-0.39, 0.29) is 9.90 Å². The maximum atomic E-state index is 11.4. The maximum Gasteiger partial charge on any atom is 0.288 e. The van der Waals surface area contributed by atoms with Crippen molar-refractivity contribution in [3.8, 4) is 0 Å². The lowest BCUT2D eigenvalue weighted by Crippen LogP contribution is -2.06. The van der Waals surface area contributed by atoms with E-state index in [4.69, 9.17) is 0 Å². The molecule has 3 aromatic heterocycles. The molecule has 0 unspecified atom stereocenters. The molecule has 3 rings (SSSR count). The fourth-order valence-corrected chi connectivity index (χ4v) is 3.42. The molecule has 9 heteroatoms. The van der Waals surface area contributed by atoms with Gasteiger partial charge in [-0.3, -0.25) is 4.79 Å². The SMILES string of the molecule is CS(=O)(=O)c1nc2[nH]c3c(=O)[nH]ncc3c2s1. The van der Waals surface area contributed by atoms with E-state index < -0.39 is 9.84 Å². The Morgan fingerprint density at radius 3 is 2.88 bits per heavy atom. The van der Waals surface area contributed by atoms with Crippen molar-refractivity contribution < 1.29 is 8.42 Å². The molecular formula is C8H6N4O3S2. The van der Waals surface area contributed by atoms with Crippen LogP contribution in [-0.2, 0) is 9.84 Å². The monoisotopic (exact) mass is 270 g/mol. The average molecular weight is 270 g/mol. The summed E-state index contributed by atoms with van der Waals surface area (Å²) in [5.41, 5.74) is 0.395. The summed E-state index contributed by atoms with van der Waals surface area (Å²) in [7, 11) is -3.33. The molecule has 0 aliphatic carbocycles. The van der Waals surface area contributed by atoms with Crippen LogP contribution in [0.4, 0.5) is 0 Å². The molecule has 0 saturated heterocycles. The van der Waals surface area contributed by atoms with E-state index in [2.05, 4.69) is 20.2 Å². The molecule has 0 aliphatic heterocycles. The fourth-order valence-electron chi connectivity index (χ4n) is 1.54. The molecule has 88 valence electrons. The summed E-state index contributed by atoms with van der Waals surface area (Å²) in [6.07, 6.45) is 2.57. The number of H-pyrrole nitrogens is 2. The predicted molar refractivity (Wildman–Crippen MR) is 63.0 cm³/mol. The molecule has 0 spiro atoms. The zero-order valence-electron chi connectivity index (χ0n) is 8.51. The highest BCUT2D eigenvalue weighted by molar-refractivity contribution is 7.92. The van der Waals surface area contributed by atoms with Gasteiger partial charge in [0.25, 0.3) is 5.56 Å². The van der Waals surface area contributed by atoms with Crippen molar-refractivity contribution in [1.82, 2.24) is 20.2 Å². The third-order valence-corrected chi connectivity index (χ3v) is 5.04. The van der Waals surface area contributed by atoms with Crippen LogP contribution in [0.3, 0.4) is 0 Å². The largest absolute Gasteiger partial charge is 0.334 e. The second-order valence-electron chi connectivity index (χ2n) is 3.54. The van der Waals surface area contributed by atoms with Crippen LogP contribution in [0.25, 0.3) is 21.3 Å². The van der Waals surface area contributed by atoms with E-state index >= 15 is 0 Å². The van der Waals surface area contributed by atoms with Gasteiger partial charge in [0.2, 0.25) is 14.2 Å². The fraction of sp³-hybridized carbons (Fsp3) is 0.125. The molecule has 0 saturated carbocycles. The van der Waals surface area contributed by atoms with Crippen molar-refractivity contribution in [2.75, 3.05) is 6.26 Å². The highest BCUT2D eigenvalue weighted by atomic mass is 32.2. The molecule has 0 atom stereocenters. The Labute approximate surface area is 98.4 Å². The first kappa shape index (κ1) is 10.4. The summed E-state index contributed by atoms with van der Waals surface area (Å²) in [5, 5.41) is 6.55. The lowest BCUT2D eigenvalue weighted by atomic mass is 10.4. The highest BCUT2D eigenvalue weighted by Gasteiger charge is 2.18. The number of nitrogens with zero attached hydrogens (tertiary/aromatic N) is 2. The van der Waals surface area contributed by atoms with E-state index in [9.17, 15) is 13.2 Å². The number of sulfone groups is 1. The van der Waals surface area contributed by atoms with Crippen molar-refractivity contribution in [2.24, 2.45) is 0 Å². The number of aromatic amines is 2. The topological polar surface area (TPSA) is 109 Å². The minimum atomic E-state index is -3.33. The van der Waals surface area contributed by atoms with Gasteiger partial charge in [-0.05, 0) is 0 Å². The van der Waals surface area contributed by atoms with Gasteiger partial charge in [-0.1, -0.05) is 0 Å². The molecule has 7 nitrogen and oxygen atoms in total. The number of hydrogen-bond acceptors (Lipinski definition) is 6. The zero-order valence-corrected chi connectivity index (χ0v) is 10.1. The van der Waals surface area contributed by atoms with Crippen LogP contribution in [0.15, 0.2) is 15.3 Å². The van der Waals surface area contributed by atoms with E-state index in [1.807, 2.05) is 0 Å². The Balaban J connectivity index is 2.48. The van der Waals surface area contributed by atoms with Gasteiger partial charge in [0.15, 0.2) is 5.65 Å². The minimum Gasteiger partial charge on any atom is -0.334 e. The van der Waals surface area contributed by atoms with Gasteiger partial charge in [0, 0.05) is 11.6 Å². The number of fused-ring (bicyclic) bond motifs is 3. The normalized spacial score (nSPS) is 12.5. The van der Waals surface area contributed by atoms with Crippen LogP contribution in [0, 0.1) is 0 Å². The van der Waals surface area contributed by atoms with Crippen LogP contribution in [0.2, 0.25) is 0 Å². The van der Waals surface area contributed by atoms with Gasteiger partial charge < -0.3 is 4.98 Å². The van der Waals surface area contributed by atoms with Gasteiger partial charge in [0.05, 0.1) is 10.9 Å². The summed E-state index contributed by atoms with van der Waals surface area (Å²) in [6, 6.07) is 0. The number of nitrogens with one attached hydrogen (secondary N) is 2. The summed E-state index contributed by atoms with van der Waals surface area (Å²) >= 11 is 1.03. The van der Waals surface area contributed by atoms with Crippen molar-refractivity contribution in [3.05, 3.63) is 16.6 Å². The minimum absolute atomic E-state index is 0.0286. The molecule has 0 radical (unpaired) electrons. The van der Waals surface area contributed by atoms with E-state index in [1.165, 1.54) is 6.20 Å². The number of rotatable bonds is 1. The number of hydrogen-bond donors (Lipinski definition) is 2. The summed E-state index contributed by atoms with van der Waals surface area (Å²) in [5.74, 6) is 0. The van der Waals surface area contributed by atoms with Crippen molar-refractivity contribution >= 4 is 42.4 Å². The van der Waals surface area contributed by atoms with Gasteiger partial charge in [-0.25, -0.2) is 18.5 Å². The molecule has 0 aromatic carbocycles. The van der Waals surface area contributed by atoms with Crippen LogP contribution >= 0.6 is 11.3 Å². The Morgan fingerprint density at radius 1 is 1.41 bits per heavy atom. The van der Waals surface area contributed by atoms with E-state index in [1.54, 1.807) is 0 Å². The molecule has 0 fully saturated rings. The third-order valence-electron chi connectivity index (χ3n) is 2.27. The summed E-state index contributed by atoms with van der Waals surface area (Å²) < 4.78 is 23.4. The third kappa shape index (κ3) is 1.46. The first-order valence-corrected chi connectivity index (χ1v) is 7.23. The van der Waals surface area contributed by atoms with Gasteiger partial charge >= 0.3 is 0 Å². The highest BCUT2D eigenvalue weighted by Crippen LogP contribution is 2.30. The van der Waals surface area contributed by atoms with Crippen LogP contribution < -0.4 is 5.56 Å². The molecule has 0 aliphatic rings. The lowest BCUT2D eigenvalue weighted by Gasteiger charge is -1.88. The summed E-state index contributed by atoms with van der Waals surface area (Å²) in [4.78, 5) is 18.2. The first-order chi connectivity index (χ1) is 7.97. The molecule has 2 N–H and O–H groups in total. The van der Waals surface area contributed by atoms with Gasteiger partial charge in [-0.15, -0.1) is 11.3 Å². The zero-order chi connectivity index (χ0) is 12.2. The van der Waals surface area contributed by atoms with Crippen LogP contribution in [0.1, 0.15) is 0 Å². The summed E-state index contributed by atoms with van der Waals surface area (Å²) in [6.45, 7) is 0. The smallest absolute Gasteiger partial charge is 0.288 e. The standard InChI is InChI=1S/C8H6N4O3S2/c1-17(14,15)8-11-6-5(16-8)3-2-9-12-7(13)4(3)10-6/h2,10H,1H3,(H,12,13). The Bertz CT molecular complexity index is 886. The Hall–Kier alpha value is -1.74. The van der Waals surface area contributed by atoms with Gasteiger partial charge in [0.1, 0.15) is 5.52 Å². The average Bonchev–Trinajstić information content (AvgIpc) is 2.75. The molecule has 3 heterocycles. The van der Waals surface area contributed by atoms with Crippen molar-refractivity contribution in [3.63, 3.8) is 0 Å². The Kier molecular flexibility index (Phi) is 1.92. The predicted octanol–water partition coefficient (Wildman–Crippen LogP) is 0.264.